The van der Waals surface area contributed by atoms with Gasteiger partial charge in [0, 0.05) is 13.0 Å². The van der Waals surface area contributed by atoms with Crippen LogP contribution in [-0.4, -0.2) is 24.1 Å². The van der Waals surface area contributed by atoms with E-state index < -0.39 is 0 Å². The molecular formula is C12H13N5OS2. The molecule has 3 rings (SSSR count). The molecular weight excluding hydrogens is 294 g/mol. The fourth-order valence-corrected chi connectivity index (χ4v) is 3.44. The van der Waals surface area contributed by atoms with Crippen LogP contribution in [0.25, 0.3) is 11.6 Å². The average Bonchev–Trinajstić information content (AvgIpc) is 3.19. The predicted octanol–water partition coefficient (Wildman–Crippen LogP) is 3.12. The van der Waals surface area contributed by atoms with Crippen LogP contribution in [0.4, 0.5) is 0 Å². The molecule has 0 radical (unpaired) electrons. The van der Waals surface area contributed by atoms with Gasteiger partial charge < -0.3 is 4.42 Å². The van der Waals surface area contributed by atoms with Crippen molar-refractivity contribution < 1.29 is 4.42 Å². The van der Waals surface area contributed by atoms with E-state index in [0.717, 1.165) is 39.9 Å². The van der Waals surface area contributed by atoms with Gasteiger partial charge in [-0.1, -0.05) is 6.92 Å². The van der Waals surface area contributed by atoms with Crippen molar-refractivity contribution in [1.29, 1.82) is 0 Å². The highest BCUT2D eigenvalue weighted by molar-refractivity contribution is 8.00. The monoisotopic (exact) mass is 307 g/mol. The Balaban J connectivity index is 1.90. The van der Waals surface area contributed by atoms with E-state index in [1.165, 1.54) is 23.3 Å². The molecule has 0 aromatic carbocycles. The van der Waals surface area contributed by atoms with Gasteiger partial charge in [-0.25, -0.2) is 4.98 Å². The van der Waals surface area contributed by atoms with E-state index >= 15 is 0 Å². The zero-order valence-corrected chi connectivity index (χ0v) is 12.7. The maximum Gasteiger partial charge on any atom is 0.200 e. The number of aromatic nitrogens is 5. The number of rotatable bonds is 5. The van der Waals surface area contributed by atoms with E-state index in [4.69, 9.17) is 4.42 Å². The largest absolute Gasteiger partial charge is 0.461 e. The molecule has 6 nitrogen and oxygen atoms in total. The summed E-state index contributed by atoms with van der Waals surface area (Å²) in [5.74, 6) is 2.32. The summed E-state index contributed by atoms with van der Waals surface area (Å²) < 4.78 is 12.6. The van der Waals surface area contributed by atoms with Crippen LogP contribution in [0.1, 0.15) is 19.7 Å². The van der Waals surface area contributed by atoms with Gasteiger partial charge in [0.05, 0.1) is 6.26 Å². The minimum absolute atomic E-state index is 0.720. The molecule has 104 valence electrons. The summed E-state index contributed by atoms with van der Waals surface area (Å²) in [5, 5.41) is 9.24. The minimum Gasteiger partial charge on any atom is -0.461 e. The van der Waals surface area contributed by atoms with Gasteiger partial charge in [-0.2, -0.15) is 4.37 Å². The van der Waals surface area contributed by atoms with Crippen LogP contribution in [0.15, 0.2) is 32.3 Å². The molecule has 3 aromatic rings. The van der Waals surface area contributed by atoms with Gasteiger partial charge in [0.2, 0.25) is 0 Å². The number of nitrogens with zero attached hydrogens (tertiary/aromatic N) is 5. The van der Waals surface area contributed by atoms with Crippen molar-refractivity contribution in [2.45, 2.75) is 36.3 Å². The molecule has 0 saturated carbocycles. The number of hydrogen-bond donors (Lipinski definition) is 0. The Kier molecular flexibility index (Phi) is 3.83. The van der Waals surface area contributed by atoms with Crippen molar-refractivity contribution in [3.63, 3.8) is 0 Å². The number of aryl methyl sites for hydroxylation is 1. The SMILES string of the molecule is CCc1nsc(Sc2nnc(-c3ccco3)n2CC)n1. The quantitative estimate of drug-likeness (QED) is 0.721. The van der Waals surface area contributed by atoms with Gasteiger partial charge in [-0.05, 0) is 42.4 Å². The second-order valence-corrected chi connectivity index (χ2v) is 5.93. The van der Waals surface area contributed by atoms with Crippen molar-refractivity contribution in [2.75, 3.05) is 0 Å². The van der Waals surface area contributed by atoms with E-state index in [1.54, 1.807) is 6.26 Å². The van der Waals surface area contributed by atoms with Crippen LogP contribution in [0.3, 0.4) is 0 Å². The molecule has 0 atom stereocenters. The normalized spacial score (nSPS) is 11.1. The van der Waals surface area contributed by atoms with Crippen molar-refractivity contribution in [2.24, 2.45) is 0 Å². The Morgan fingerprint density at radius 1 is 1.35 bits per heavy atom. The highest BCUT2D eigenvalue weighted by Crippen LogP contribution is 2.30. The summed E-state index contributed by atoms with van der Waals surface area (Å²) in [5.41, 5.74) is 0. The van der Waals surface area contributed by atoms with E-state index in [2.05, 4.69) is 26.5 Å². The highest BCUT2D eigenvalue weighted by Gasteiger charge is 2.17. The molecule has 0 aliphatic rings. The first-order valence-corrected chi connectivity index (χ1v) is 7.88. The first-order chi connectivity index (χ1) is 9.81. The van der Waals surface area contributed by atoms with Gasteiger partial charge in [0.25, 0.3) is 0 Å². The molecule has 8 heteroatoms. The Hall–Kier alpha value is -1.67. The molecule has 0 bridgehead atoms. The van der Waals surface area contributed by atoms with E-state index in [-0.39, 0.29) is 0 Å². The third-order valence-corrected chi connectivity index (χ3v) is 4.49. The molecule has 20 heavy (non-hydrogen) atoms. The Bertz CT molecular complexity index is 689. The van der Waals surface area contributed by atoms with E-state index in [9.17, 15) is 0 Å². The lowest BCUT2D eigenvalue weighted by Crippen LogP contribution is -1.98. The Morgan fingerprint density at radius 2 is 2.25 bits per heavy atom. The van der Waals surface area contributed by atoms with Crippen LogP contribution in [-0.2, 0) is 13.0 Å². The zero-order chi connectivity index (χ0) is 13.9. The first kappa shape index (κ1) is 13.3. The summed E-state index contributed by atoms with van der Waals surface area (Å²) in [6.07, 6.45) is 2.48. The lowest BCUT2D eigenvalue weighted by Gasteiger charge is -2.03. The number of furan rings is 1. The first-order valence-electron chi connectivity index (χ1n) is 6.29. The van der Waals surface area contributed by atoms with Gasteiger partial charge in [0.15, 0.2) is 21.1 Å². The summed E-state index contributed by atoms with van der Waals surface area (Å²) in [6.45, 7) is 4.86. The second kappa shape index (κ2) is 5.76. The van der Waals surface area contributed by atoms with Gasteiger partial charge in [-0.3, -0.25) is 4.57 Å². The van der Waals surface area contributed by atoms with Gasteiger partial charge >= 0.3 is 0 Å². The third kappa shape index (κ3) is 2.48. The minimum atomic E-state index is 0.720. The lowest BCUT2D eigenvalue weighted by molar-refractivity contribution is 0.567. The van der Waals surface area contributed by atoms with Crippen molar-refractivity contribution in [3.8, 4) is 11.6 Å². The number of hydrogen-bond acceptors (Lipinski definition) is 7. The third-order valence-electron chi connectivity index (χ3n) is 2.72. The van der Waals surface area contributed by atoms with Crippen LogP contribution >= 0.6 is 23.3 Å². The maximum atomic E-state index is 5.39. The molecule has 0 amide bonds. The van der Waals surface area contributed by atoms with Crippen molar-refractivity contribution >= 4 is 23.3 Å². The standard InChI is InChI=1S/C12H13N5OS2/c1-3-9-13-12(20-16-9)19-11-15-14-10(17(11)4-2)8-6-5-7-18-8/h5-7H,3-4H2,1-2H3. The van der Waals surface area contributed by atoms with Crippen LogP contribution in [0, 0.1) is 0 Å². The molecule has 0 aliphatic heterocycles. The molecule has 3 heterocycles. The lowest BCUT2D eigenvalue weighted by atomic mass is 10.4. The van der Waals surface area contributed by atoms with E-state index in [1.807, 2.05) is 23.6 Å². The molecule has 0 fully saturated rings. The fourth-order valence-electron chi connectivity index (χ4n) is 1.74. The molecule has 0 saturated heterocycles. The highest BCUT2D eigenvalue weighted by atomic mass is 32.2. The van der Waals surface area contributed by atoms with Crippen LogP contribution < -0.4 is 0 Å². The smallest absolute Gasteiger partial charge is 0.200 e. The maximum absolute atomic E-state index is 5.39. The predicted molar refractivity (Wildman–Crippen MR) is 76.8 cm³/mol. The van der Waals surface area contributed by atoms with Gasteiger partial charge in [-0.15, -0.1) is 10.2 Å². The topological polar surface area (TPSA) is 69.6 Å². The van der Waals surface area contributed by atoms with Gasteiger partial charge in [0.1, 0.15) is 5.82 Å². The van der Waals surface area contributed by atoms with Crippen LogP contribution in [0.2, 0.25) is 0 Å². The van der Waals surface area contributed by atoms with Crippen molar-refractivity contribution in [3.05, 3.63) is 24.2 Å². The molecule has 0 spiro atoms. The summed E-state index contributed by atoms with van der Waals surface area (Å²) in [6, 6.07) is 3.72. The fraction of sp³-hybridized carbons (Fsp3) is 0.333. The summed E-state index contributed by atoms with van der Waals surface area (Å²) >= 11 is 2.88. The average molecular weight is 307 g/mol. The molecule has 3 aromatic heterocycles. The van der Waals surface area contributed by atoms with Crippen LogP contribution in [0.5, 0.6) is 0 Å². The van der Waals surface area contributed by atoms with Crippen molar-refractivity contribution in [1.82, 2.24) is 24.1 Å². The summed E-state index contributed by atoms with van der Waals surface area (Å²) in [4.78, 5) is 4.44. The Labute approximate surface area is 124 Å². The summed E-state index contributed by atoms with van der Waals surface area (Å²) in [7, 11) is 0. The van der Waals surface area contributed by atoms with E-state index in [0.29, 0.717) is 0 Å². The zero-order valence-electron chi connectivity index (χ0n) is 11.1. The molecule has 0 N–H and O–H groups in total. The molecule has 0 unspecified atom stereocenters. The Morgan fingerprint density at radius 3 is 2.90 bits per heavy atom. The molecule has 0 aliphatic carbocycles. The second-order valence-electron chi connectivity index (χ2n) is 3.96.